The Bertz CT molecular complexity index is 231. The summed E-state index contributed by atoms with van der Waals surface area (Å²) >= 11 is 0. The second-order valence-corrected chi connectivity index (χ2v) is 5.17. The van der Waals surface area contributed by atoms with Crippen LogP contribution in [0.1, 0.15) is 51.4 Å². The Kier molecular flexibility index (Phi) is 5.56. The van der Waals surface area contributed by atoms with Crippen LogP contribution in [0.4, 0.5) is 0 Å². The molecule has 2 rings (SSSR count). The predicted molar refractivity (Wildman–Crippen MR) is 67.6 cm³/mol. The fourth-order valence-electron chi connectivity index (χ4n) is 2.40. The summed E-state index contributed by atoms with van der Waals surface area (Å²) in [5.41, 5.74) is 5.88. The summed E-state index contributed by atoms with van der Waals surface area (Å²) in [5, 5.41) is 3.11. The number of nitrogens with one attached hydrogen (secondary N) is 1. The van der Waals surface area contributed by atoms with E-state index >= 15 is 0 Å². The fraction of sp³-hybridized carbons (Fsp3) is 0.917. The van der Waals surface area contributed by atoms with Gasteiger partial charge in [0.15, 0.2) is 0 Å². The van der Waals surface area contributed by atoms with Crippen molar-refractivity contribution >= 4 is 18.3 Å². The molecule has 0 aromatic heterocycles. The highest BCUT2D eigenvalue weighted by Gasteiger charge is 2.24. The molecule has 2 aliphatic carbocycles. The maximum absolute atomic E-state index is 11.6. The van der Waals surface area contributed by atoms with Gasteiger partial charge in [-0.15, -0.1) is 12.4 Å². The van der Waals surface area contributed by atoms with Crippen LogP contribution in [0.25, 0.3) is 0 Å². The SMILES string of the molecule is Cl.NC1CCCC(NC(=O)CCC2CC2)C1. The fourth-order valence-corrected chi connectivity index (χ4v) is 2.40. The van der Waals surface area contributed by atoms with Gasteiger partial charge in [-0.25, -0.2) is 0 Å². The molecular formula is C12H23ClN2O. The molecule has 2 unspecified atom stereocenters. The first-order valence-electron chi connectivity index (χ1n) is 6.29. The van der Waals surface area contributed by atoms with Gasteiger partial charge in [0.2, 0.25) is 5.91 Å². The Morgan fingerprint density at radius 2 is 2.00 bits per heavy atom. The summed E-state index contributed by atoms with van der Waals surface area (Å²) < 4.78 is 0. The van der Waals surface area contributed by atoms with Crippen LogP contribution in [-0.4, -0.2) is 18.0 Å². The van der Waals surface area contributed by atoms with Crippen LogP contribution < -0.4 is 11.1 Å². The minimum Gasteiger partial charge on any atom is -0.353 e. The number of carbonyl (C=O) groups excluding carboxylic acids is 1. The standard InChI is InChI=1S/C12H22N2O.ClH/c13-10-2-1-3-11(8-10)14-12(15)7-6-9-4-5-9;/h9-11H,1-8,13H2,(H,14,15);1H. The van der Waals surface area contributed by atoms with E-state index in [9.17, 15) is 4.79 Å². The summed E-state index contributed by atoms with van der Waals surface area (Å²) in [6.45, 7) is 0. The van der Waals surface area contributed by atoms with Crippen molar-refractivity contribution in [1.29, 1.82) is 0 Å². The lowest BCUT2D eigenvalue weighted by atomic mass is 9.91. The lowest BCUT2D eigenvalue weighted by molar-refractivity contribution is -0.122. The topological polar surface area (TPSA) is 55.1 Å². The van der Waals surface area contributed by atoms with E-state index in [2.05, 4.69) is 5.32 Å². The lowest BCUT2D eigenvalue weighted by Crippen LogP contribution is -2.42. The van der Waals surface area contributed by atoms with Crippen molar-refractivity contribution in [2.75, 3.05) is 0 Å². The van der Waals surface area contributed by atoms with Crippen LogP contribution in [0.15, 0.2) is 0 Å². The molecule has 3 nitrogen and oxygen atoms in total. The van der Waals surface area contributed by atoms with Gasteiger partial charge in [0.1, 0.15) is 0 Å². The van der Waals surface area contributed by atoms with Crippen LogP contribution in [0.3, 0.4) is 0 Å². The van der Waals surface area contributed by atoms with Gasteiger partial charge in [0.05, 0.1) is 0 Å². The van der Waals surface area contributed by atoms with Gasteiger partial charge in [0, 0.05) is 18.5 Å². The van der Waals surface area contributed by atoms with Gasteiger partial charge >= 0.3 is 0 Å². The first-order chi connectivity index (χ1) is 7.24. The first kappa shape index (κ1) is 13.8. The van der Waals surface area contributed by atoms with Crippen molar-refractivity contribution in [3.8, 4) is 0 Å². The minimum absolute atomic E-state index is 0. The van der Waals surface area contributed by atoms with Crippen LogP contribution in [0.5, 0.6) is 0 Å². The molecule has 0 heterocycles. The Morgan fingerprint density at radius 3 is 2.62 bits per heavy atom. The van der Waals surface area contributed by atoms with E-state index in [1.54, 1.807) is 0 Å². The number of halogens is 1. The second kappa shape index (κ2) is 6.45. The summed E-state index contributed by atoms with van der Waals surface area (Å²) in [4.78, 5) is 11.6. The highest BCUT2D eigenvalue weighted by molar-refractivity contribution is 5.85. The Balaban J connectivity index is 0.00000128. The smallest absolute Gasteiger partial charge is 0.220 e. The Hall–Kier alpha value is -0.280. The molecule has 1 amide bonds. The van der Waals surface area contributed by atoms with Gasteiger partial charge in [0.25, 0.3) is 0 Å². The molecule has 94 valence electrons. The van der Waals surface area contributed by atoms with E-state index < -0.39 is 0 Å². The number of hydrogen-bond acceptors (Lipinski definition) is 2. The molecule has 0 aliphatic heterocycles. The molecule has 0 saturated heterocycles. The maximum atomic E-state index is 11.6. The molecule has 3 N–H and O–H groups in total. The Morgan fingerprint density at radius 1 is 1.25 bits per heavy atom. The van der Waals surface area contributed by atoms with E-state index in [1.807, 2.05) is 0 Å². The van der Waals surface area contributed by atoms with Gasteiger partial charge in [-0.2, -0.15) is 0 Å². The van der Waals surface area contributed by atoms with Crippen molar-refractivity contribution in [2.24, 2.45) is 11.7 Å². The molecular weight excluding hydrogens is 224 g/mol. The Labute approximate surface area is 104 Å². The zero-order valence-electron chi connectivity index (χ0n) is 9.78. The highest BCUT2D eigenvalue weighted by Crippen LogP contribution is 2.33. The van der Waals surface area contributed by atoms with E-state index in [4.69, 9.17) is 5.73 Å². The van der Waals surface area contributed by atoms with E-state index in [-0.39, 0.29) is 18.3 Å². The van der Waals surface area contributed by atoms with E-state index in [0.29, 0.717) is 12.1 Å². The predicted octanol–water partition coefficient (Wildman–Crippen LogP) is 1.98. The van der Waals surface area contributed by atoms with Crippen LogP contribution in [-0.2, 0) is 4.79 Å². The third-order valence-electron chi connectivity index (χ3n) is 3.56. The van der Waals surface area contributed by atoms with Crippen molar-refractivity contribution in [2.45, 2.75) is 63.5 Å². The molecule has 16 heavy (non-hydrogen) atoms. The van der Waals surface area contributed by atoms with E-state index in [0.717, 1.165) is 44.4 Å². The molecule has 2 saturated carbocycles. The minimum atomic E-state index is 0. The zero-order chi connectivity index (χ0) is 10.7. The van der Waals surface area contributed by atoms with Gasteiger partial charge in [-0.05, 0) is 38.0 Å². The summed E-state index contributed by atoms with van der Waals surface area (Å²) in [7, 11) is 0. The average Bonchev–Trinajstić information content (AvgIpc) is 2.98. The molecule has 0 aromatic carbocycles. The summed E-state index contributed by atoms with van der Waals surface area (Å²) in [6.07, 6.45) is 8.84. The molecule has 2 fully saturated rings. The molecule has 2 atom stereocenters. The number of carbonyl (C=O) groups is 1. The third-order valence-corrected chi connectivity index (χ3v) is 3.56. The van der Waals surface area contributed by atoms with Crippen LogP contribution in [0, 0.1) is 5.92 Å². The maximum Gasteiger partial charge on any atom is 0.220 e. The first-order valence-corrected chi connectivity index (χ1v) is 6.29. The number of amides is 1. The molecule has 0 bridgehead atoms. The average molecular weight is 247 g/mol. The third kappa shape index (κ3) is 4.71. The molecule has 0 aromatic rings. The van der Waals surface area contributed by atoms with Gasteiger partial charge in [-0.1, -0.05) is 12.8 Å². The largest absolute Gasteiger partial charge is 0.353 e. The summed E-state index contributed by atoms with van der Waals surface area (Å²) in [5.74, 6) is 1.09. The second-order valence-electron chi connectivity index (χ2n) is 5.17. The van der Waals surface area contributed by atoms with E-state index in [1.165, 1.54) is 12.8 Å². The van der Waals surface area contributed by atoms with Gasteiger partial charge in [-0.3, -0.25) is 4.79 Å². The lowest BCUT2D eigenvalue weighted by Gasteiger charge is -2.27. The number of rotatable bonds is 4. The monoisotopic (exact) mass is 246 g/mol. The quantitative estimate of drug-likeness (QED) is 0.797. The van der Waals surface area contributed by atoms with Crippen LogP contribution in [0.2, 0.25) is 0 Å². The van der Waals surface area contributed by atoms with Crippen molar-refractivity contribution in [1.82, 2.24) is 5.32 Å². The van der Waals surface area contributed by atoms with Crippen LogP contribution >= 0.6 is 12.4 Å². The molecule has 4 heteroatoms. The molecule has 0 radical (unpaired) electrons. The summed E-state index contributed by atoms with van der Waals surface area (Å²) in [6, 6.07) is 0.646. The highest BCUT2D eigenvalue weighted by atomic mass is 35.5. The van der Waals surface area contributed by atoms with Crippen molar-refractivity contribution in [3.05, 3.63) is 0 Å². The normalized spacial score (nSPS) is 29.3. The molecule has 2 aliphatic rings. The van der Waals surface area contributed by atoms with Gasteiger partial charge < -0.3 is 11.1 Å². The van der Waals surface area contributed by atoms with Crippen molar-refractivity contribution < 1.29 is 4.79 Å². The molecule has 0 spiro atoms. The number of hydrogen-bond donors (Lipinski definition) is 2. The van der Waals surface area contributed by atoms with Crippen molar-refractivity contribution in [3.63, 3.8) is 0 Å². The zero-order valence-corrected chi connectivity index (χ0v) is 10.6. The number of nitrogens with two attached hydrogens (primary N) is 1.